The number of hydrogen-bond donors (Lipinski definition) is 2. The second-order valence-corrected chi connectivity index (χ2v) is 5.79. The number of amides is 2. The van der Waals surface area contributed by atoms with Gasteiger partial charge in [-0.3, -0.25) is 9.59 Å². The van der Waals surface area contributed by atoms with Crippen LogP contribution >= 0.6 is 0 Å². The first-order valence-corrected chi connectivity index (χ1v) is 7.60. The van der Waals surface area contributed by atoms with Crippen LogP contribution in [0.4, 0.5) is 11.4 Å². The standard InChI is InChI=1S/C16H21N3O2/c1-11-12(8-9-17-11)16(21)18-13-5-2-3-6-14(13)19-10-4-7-15(19)20/h2-3,5-6,11-12,17H,4,7-10H2,1H3,(H,18,21). The molecule has 0 saturated carbocycles. The first-order valence-electron chi connectivity index (χ1n) is 7.60. The highest BCUT2D eigenvalue weighted by Crippen LogP contribution is 2.30. The van der Waals surface area contributed by atoms with Gasteiger partial charge in [0.1, 0.15) is 0 Å². The lowest BCUT2D eigenvalue weighted by Gasteiger charge is -2.21. The van der Waals surface area contributed by atoms with E-state index in [4.69, 9.17) is 0 Å². The minimum Gasteiger partial charge on any atom is -0.324 e. The van der Waals surface area contributed by atoms with E-state index in [0.29, 0.717) is 6.42 Å². The van der Waals surface area contributed by atoms with Gasteiger partial charge in [-0.15, -0.1) is 0 Å². The van der Waals surface area contributed by atoms with Gasteiger partial charge >= 0.3 is 0 Å². The molecular formula is C16H21N3O2. The molecule has 112 valence electrons. The third-order valence-corrected chi connectivity index (χ3v) is 4.39. The fraction of sp³-hybridized carbons (Fsp3) is 0.500. The smallest absolute Gasteiger partial charge is 0.229 e. The van der Waals surface area contributed by atoms with Crippen LogP contribution in [0.1, 0.15) is 26.2 Å². The van der Waals surface area contributed by atoms with Crippen molar-refractivity contribution in [2.45, 2.75) is 32.2 Å². The van der Waals surface area contributed by atoms with E-state index in [1.807, 2.05) is 31.2 Å². The second kappa shape index (κ2) is 5.85. The zero-order valence-electron chi connectivity index (χ0n) is 12.3. The number of rotatable bonds is 3. The monoisotopic (exact) mass is 287 g/mol. The number of para-hydroxylation sites is 2. The van der Waals surface area contributed by atoms with Crippen molar-refractivity contribution in [3.05, 3.63) is 24.3 Å². The van der Waals surface area contributed by atoms with Crippen molar-refractivity contribution in [1.82, 2.24) is 5.32 Å². The normalized spacial score (nSPS) is 25.4. The summed E-state index contributed by atoms with van der Waals surface area (Å²) in [6.07, 6.45) is 2.33. The van der Waals surface area contributed by atoms with Crippen molar-refractivity contribution in [2.75, 3.05) is 23.3 Å². The number of nitrogens with zero attached hydrogens (tertiary/aromatic N) is 1. The predicted molar refractivity (Wildman–Crippen MR) is 82.2 cm³/mol. The van der Waals surface area contributed by atoms with Crippen molar-refractivity contribution >= 4 is 23.2 Å². The van der Waals surface area contributed by atoms with Gasteiger partial charge in [0.15, 0.2) is 0 Å². The summed E-state index contributed by atoms with van der Waals surface area (Å²) in [7, 11) is 0. The first-order chi connectivity index (χ1) is 10.2. The molecule has 1 aromatic carbocycles. The lowest BCUT2D eigenvalue weighted by atomic mass is 10.0. The highest BCUT2D eigenvalue weighted by atomic mass is 16.2. The number of anilines is 2. The maximum atomic E-state index is 12.4. The summed E-state index contributed by atoms with van der Waals surface area (Å²) in [6, 6.07) is 7.75. The molecule has 0 bridgehead atoms. The lowest BCUT2D eigenvalue weighted by molar-refractivity contribution is -0.120. The van der Waals surface area contributed by atoms with E-state index in [0.717, 1.165) is 37.3 Å². The molecule has 21 heavy (non-hydrogen) atoms. The second-order valence-electron chi connectivity index (χ2n) is 5.79. The Morgan fingerprint density at radius 2 is 2.19 bits per heavy atom. The Kier molecular flexibility index (Phi) is 3.92. The number of carbonyl (C=O) groups is 2. The molecule has 5 nitrogen and oxygen atoms in total. The average molecular weight is 287 g/mol. The van der Waals surface area contributed by atoms with Crippen molar-refractivity contribution in [2.24, 2.45) is 5.92 Å². The van der Waals surface area contributed by atoms with Gasteiger partial charge in [-0.2, -0.15) is 0 Å². The summed E-state index contributed by atoms with van der Waals surface area (Å²) in [5.74, 6) is 0.159. The molecular weight excluding hydrogens is 266 g/mol. The Bertz CT molecular complexity index is 558. The topological polar surface area (TPSA) is 61.4 Å². The molecule has 0 spiro atoms. The molecule has 2 heterocycles. The SMILES string of the molecule is CC1NCCC1C(=O)Nc1ccccc1N1CCCC1=O. The van der Waals surface area contributed by atoms with E-state index in [2.05, 4.69) is 10.6 Å². The number of benzene rings is 1. The van der Waals surface area contributed by atoms with Crippen molar-refractivity contribution in [3.63, 3.8) is 0 Å². The van der Waals surface area contributed by atoms with Crippen LogP contribution in [-0.4, -0.2) is 30.9 Å². The summed E-state index contributed by atoms with van der Waals surface area (Å²) in [6.45, 7) is 3.64. The molecule has 1 aromatic rings. The van der Waals surface area contributed by atoms with Crippen LogP contribution in [0.2, 0.25) is 0 Å². The third-order valence-electron chi connectivity index (χ3n) is 4.39. The van der Waals surface area contributed by atoms with E-state index in [-0.39, 0.29) is 23.8 Å². The van der Waals surface area contributed by atoms with Crippen LogP contribution in [0.25, 0.3) is 0 Å². The molecule has 0 aromatic heterocycles. The number of nitrogens with one attached hydrogen (secondary N) is 2. The van der Waals surface area contributed by atoms with E-state index in [9.17, 15) is 9.59 Å². The fourth-order valence-electron chi connectivity index (χ4n) is 3.16. The van der Waals surface area contributed by atoms with E-state index in [1.54, 1.807) is 4.90 Å². The van der Waals surface area contributed by atoms with Crippen molar-refractivity contribution < 1.29 is 9.59 Å². The molecule has 2 aliphatic rings. The average Bonchev–Trinajstić information content (AvgIpc) is 3.08. The first kappa shape index (κ1) is 14.1. The zero-order valence-corrected chi connectivity index (χ0v) is 12.3. The van der Waals surface area contributed by atoms with E-state index < -0.39 is 0 Å². The Labute approximate surface area is 124 Å². The highest BCUT2D eigenvalue weighted by Gasteiger charge is 2.30. The molecule has 2 unspecified atom stereocenters. The molecule has 2 atom stereocenters. The summed E-state index contributed by atoms with van der Waals surface area (Å²) < 4.78 is 0. The summed E-state index contributed by atoms with van der Waals surface area (Å²) in [5, 5.41) is 6.30. The van der Waals surface area contributed by atoms with Gasteiger partial charge in [-0.1, -0.05) is 12.1 Å². The summed E-state index contributed by atoms with van der Waals surface area (Å²) in [5.41, 5.74) is 1.55. The molecule has 2 aliphatic heterocycles. The van der Waals surface area contributed by atoms with Gasteiger partial charge in [0.05, 0.1) is 17.3 Å². The van der Waals surface area contributed by atoms with Gasteiger partial charge in [0.25, 0.3) is 0 Å². The molecule has 2 saturated heterocycles. The largest absolute Gasteiger partial charge is 0.324 e. The van der Waals surface area contributed by atoms with Crippen LogP contribution in [-0.2, 0) is 9.59 Å². The predicted octanol–water partition coefficient (Wildman–Crippen LogP) is 1.75. The van der Waals surface area contributed by atoms with Gasteiger partial charge in [0, 0.05) is 19.0 Å². The van der Waals surface area contributed by atoms with E-state index in [1.165, 1.54) is 0 Å². The lowest BCUT2D eigenvalue weighted by Crippen LogP contribution is -2.33. The Hall–Kier alpha value is -1.88. The highest BCUT2D eigenvalue weighted by molar-refractivity contribution is 6.02. The van der Waals surface area contributed by atoms with Gasteiger partial charge in [-0.05, 0) is 38.4 Å². The van der Waals surface area contributed by atoms with Crippen LogP contribution < -0.4 is 15.5 Å². The van der Waals surface area contributed by atoms with Gasteiger partial charge in [0.2, 0.25) is 11.8 Å². The molecule has 0 aliphatic carbocycles. The zero-order chi connectivity index (χ0) is 14.8. The molecule has 5 heteroatoms. The summed E-state index contributed by atoms with van der Waals surface area (Å²) >= 11 is 0. The summed E-state index contributed by atoms with van der Waals surface area (Å²) in [4.78, 5) is 26.1. The van der Waals surface area contributed by atoms with Crippen LogP contribution in [0.3, 0.4) is 0 Å². The van der Waals surface area contributed by atoms with Crippen LogP contribution in [0.15, 0.2) is 24.3 Å². The molecule has 2 fully saturated rings. The third kappa shape index (κ3) is 2.78. The number of hydrogen-bond acceptors (Lipinski definition) is 3. The molecule has 2 amide bonds. The fourth-order valence-corrected chi connectivity index (χ4v) is 3.16. The molecule has 3 rings (SSSR count). The maximum Gasteiger partial charge on any atom is 0.229 e. The van der Waals surface area contributed by atoms with Gasteiger partial charge in [-0.25, -0.2) is 0 Å². The number of carbonyl (C=O) groups excluding carboxylic acids is 2. The van der Waals surface area contributed by atoms with Crippen LogP contribution in [0, 0.1) is 5.92 Å². The molecule has 2 N–H and O–H groups in total. The van der Waals surface area contributed by atoms with Crippen LogP contribution in [0.5, 0.6) is 0 Å². The minimum atomic E-state index is -0.00710. The van der Waals surface area contributed by atoms with E-state index >= 15 is 0 Å². The molecule has 0 radical (unpaired) electrons. The van der Waals surface area contributed by atoms with Crippen molar-refractivity contribution in [1.29, 1.82) is 0 Å². The quantitative estimate of drug-likeness (QED) is 0.890. The Balaban J connectivity index is 1.79. The Morgan fingerprint density at radius 1 is 1.38 bits per heavy atom. The van der Waals surface area contributed by atoms with Gasteiger partial charge < -0.3 is 15.5 Å². The Morgan fingerprint density at radius 3 is 2.86 bits per heavy atom. The maximum absolute atomic E-state index is 12.4. The van der Waals surface area contributed by atoms with Crippen molar-refractivity contribution in [3.8, 4) is 0 Å². The minimum absolute atomic E-state index is 0.00710.